The van der Waals surface area contributed by atoms with E-state index in [-0.39, 0.29) is 64.8 Å². The zero-order valence-electron chi connectivity index (χ0n) is 26.2. The first-order valence-corrected chi connectivity index (χ1v) is 15.5. The topological polar surface area (TPSA) is 106 Å². The number of aromatic nitrogens is 2. The Morgan fingerprint density at radius 1 is 1.21 bits per heavy atom. The molecule has 47 heavy (non-hydrogen) atoms. The lowest BCUT2D eigenvalue weighted by atomic mass is 9.93. The highest BCUT2D eigenvalue weighted by atomic mass is 35.5. The third kappa shape index (κ3) is 5.41. The van der Waals surface area contributed by atoms with Crippen LogP contribution in [0.4, 0.5) is 18.9 Å². The number of hydrogen-bond acceptors (Lipinski definition) is 7. The van der Waals surface area contributed by atoms with Gasteiger partial charge in [0.2, 0.25) is 5.91 Å². The van der Waals surface area contributed by atoms with E-state index < -0.39 is 51.1 Å². The van der Waals surface area contributed by atoms with Gasteiger partial charge in [-0.2, -0.15) is 5.26 Å². The molecule has 9 nitrogen and oxygen atoms in total. The number of piperazine rings is 1. The molecule has 2 aliphatic heterocycles. The second-order valence-electron chi connectivity index (χ2n) is 11.9. The van der Waals surface area contributed by atoms with Gasteiger partial charge in [-0.25, -0.2) is 18.2 Å². The van der Waals surface area contributed by atoms with Crippen molar-refractivity contribution in [3.8, 4) is 23.1 Å². The summed E-state index contributed by atoms with van der Waals surface area (Å²) in [6.45, 7) is 11.8. The van der Waals surface area contributed by atoms with E-state index in [2.05, 4.69) is 17.6 Å². The van der Waals surface area contributed by atoms with Crippen LogP contribution in [0.2, 0.25) is 10.0 Å². The summed E-state index contributed by atoms with van der Waals surface area (Å²) in [7, 11) is 1.83. The van der Waals surface area contributed by atoms with Crippen molar-refractivity contribution < 1.29 is 23.1 Å². The van der Waals surface area contributed by atoms with Crippen LogP contribution in [0.15, 0.2) is 41.4 Å². The van der Waals surface area contributed by atoms with Gasteiger partial charge in [0.25, 0.3) is 5.56 Å². The normalized spacial score (nSPS) is 18.4. The van der Waals surface area contributed by atoms with Crippen molar-refractivity contribution in [3.05, 3.63) is 80.0 Å². The maximum atomic E-state index is 15.4. The Morgan fingerprint density at radius 3 is 2.49 bits per heavy atom. The van der Waals surface area contributed by atoms with Crippen LogP contribution in [-0.2, 0) is 4.79 Å². The van der Waals surface area contributed by atoms with Crippen LogP contribution in [0.25, 0.3) is 28.0 Å². The van der Waals surface area contributed by atoms with E-state index in [1.807, 2.05) is 38.9 Å². The summed E-state index contributed by atoms with van der Waals surface area (Å²) in [5.41, 5.74) is -1.28. The summed E-state index contributed by atoms with van der Waals surface area (Å²) in [5.74, 6) is -6.79. The second kappa shape index (κ2) is 12.6. The Morgan fingerprint density at radius 2 is 1.89 bits per heavy atom. The number of benzene rings is 1. The fourth-order valence-electron chi connectivity index (χ4n) is 6.46. The zero-order chi connectivity index (χ0) is 34.6. The molecule has 0 spiro atoms. The smallest absolute Gasteiger partial charge is 0.276 e. The molecule has 5 rings (SSSR count). The average molecular weight is 688 g/mol. The average Bonchev–Trinajstić information content (AvgIpc) is 3.03. The fourth-order valence-corrected chi connectivity index (χ4v) is 6.89. The summed E-state index contributed by atoms with van der Waals surface area (Å²) in [4.78, 5) is 36.8. The number of nitriles is 1. The minimum atomic E-state index is -1.69. The molecule has 1 amide bonds. The summed E-state index contributed by atoms with van der Waals surface area (Å²) in [6, 6.07) is 2.64. The predicted octanol–water partition coefficient (Wildman–Crippen LogP) is 6.30. The van der Waals surface area contributed by atoms with Crippen LogP contribution in [0.3, 0.4) is 0 Å². The third-order valence-corrected chi connectivity index (χ3v) is 9.24. The highest BCUT2D eigenvalue weighted by Crippen LogP contribution is 2.43. The van der Waals surface area contributed by atoms with E-state index in [4.69, 9.17) is 23.2 Å². The number of nitrogens with zero attached hydrogens (tertiary/aromatic N) is 6. The van der Waals surface area contributed by atoms with Gasteiger partial charge in [0.05, 0.1) is 33.7 Å². The van der Waals surface area contributed by atoms with Crippen LogP contribution in [-0.4, -0.2) is 69.1 Å². The van der Waals surface area contributed by atoms with Gasteiger partial charge < -0.3 is 19.8 Å². The number of anilines is 1. The number of pyridine rings is 2. The minimum Gasteiger partial charge on any atom is -0.503 e. The molecule has 14 heteroatoms. The maximum absolute atomic E-state index is 15.4. The largest absolute Gasteiger partial charge is 0.503 e. The van der Waals surface area contributed by atoms with E-state index in [9.17, 15) is 24.3 Å². The molecule has 2 aromatic heterocycles. The number of allylic oxidation sites excluding steroid dienone is 2. The molecule has 0 bridgehead atoms. The van der Waals surface area contributed by atoms with Crippen LogP contribution >= 0.6 is 23.2 Å². The number of rotatable bonds is 5. The van der Waals surface area contributed by atoms with Gasteiger partial charge in [-0.3, -0.25) is 14.2 Å². The van der Waals surface area contributed by atoms with Crippen molar-refractivity contribution in [1.82, 2.24) is 19.4 Å². The quantitative estimate of drug-likeness (QED) is 0.191. The lowest BCUT2D eigenvalue weighted by Gasteiger charge is -2.41. The monoisotopic (exact) mass is 686 g/mol. The van der Waals surface area contributed by atoms with Crippen LogP contribution in [0, 0.1) is 34.7 Å². The molecule has 4 heterocycles. The Kier molecular flexibility index (Phi) is 9.10. The number of halogens is 5. The first-order valence-electron chi connectivity index (χ1n) is 14.7. The van der Waals surface area contributed by atoms with Gasteiger partial charge >= 0.3 is 0 Å². The predicted molar refractivity (Wildman–Crippen MR) is 176 cm³/mol. The lowest BCUT2D eigenvalue weighted by molar-refractivity contribution is -0.128. The number of aromatic hydroxyl groups is 1. The number of amides is 1. The first kappa shape index (κ1) is 33.9. The van der Waals surface area contributed by atoms with Crippen molar-refractivity contribution in [1.29, 1.82) is 5.26 Å². The van der Waals surface area contributed by atoms with Gasteiger partial charge in [0.15, 0.2) is 23.2 Å². The molecule has 1 unspecified atom stereocenters. The number of carbonyl (C=O) groups excluding carboxylic acids is 1. The minimum absolute atomic E-state index is 0.0621. The standard InChI is InChI=1S/C33H31Cl2F3N6O3/c1-7-21(45)43-11-10-42(14-17(43)5)30-18-12-20(34)27(22-24(36)23(35)26(38)31(46)25(22)37)40-32(18)44(33(47)19(30)13-39)29-16(4)8-9-41(6)28(29)15(2)3/h7-9,12,15,17,28,46H,1,10-11,14H2,2-6H3/t17-,28?/m1/s1. The van der Waals surface area contributed by atoms with Gasteiger partial charge in [-0.1, -0.05) is 43.6 Å². The van der Waals surface area contributed by atoms with Gasteiger partial charge in [0.1, 0.15) is 22.3 Å². The molecule has 3 aromatic rings. The Hall–Kier alpha value is -4.47. The Bertz CT molecular complexity index is 1990. The molecule has 2 aliphatic rings. The number of phenols is 1. The van der Waals surface area contributed by atoms with E-state index in [1.165, 1.54) is 16.7 Å². The SMILES string of the molecule is C=CC(=O)N1CCN(c2c(C#N)c(=O)n(C3=C(C)C=CN(C)C3C(C)C)c3nc(-c4c(F)c(O)c(F)c(Cl)c4F)c(Cl)cc23)C[C@H]1C. The third-order valence-electron chi connectivity index (χ3n) is 8.62. The molecule has 0 radical (unpaired) electrons. The van der Waals surface area contributed by atoms with Gasteiger partial charge in [-0.15, -0.1) is 0 Å². The Labute approximate surface area is 279 Å². The molecule has 1 N–H and O–H groups in total. The van der Waals surface area contributed by atoms with Crippen molar-refractivity contribution in [3.63, 3.8) is 0 Å². The highest BCUT2D eigenvalue weighted by Gasteiger charge is 2.35. The molecule has 1 saturated heterocycles. The van der Waals surface area contributed by atoms with E-state index >= 15 is 8.78 Å². The van der Waals surface area contributed by atoms with Crippen molar-refractivity contribution in [2.24, 2.45) is 5.92 Å². The van der Waals surface area contributed by atoms with E-state index in [0.717, 1.165) is 0 Å². The summed E-state index contributed by atoms with van der Waals surface area (Å²) in [6.07, 6.45) is 4.85. The molecule has 1 fully saturated rings. The number of fused-ring (bicyclic) bond motifs is 1. The number of hydrogen-bond donors (Lipinski definition) is 1. The number of likely N-dealkylation sites (N-methyl/N-ethyl adjacent to an activating group) is 1. The first-order chi connectivity index (χ1) is 22.2. The molecular formula is C33H31Cl2F3N6O3. The van der Waals surface area contributed by atoms with Crippen LogP contribution in [0.5, 0.6) is 5.75 Å². The summed E-state index contributed by atoms with van der Waals surface area (Å²) >= 11 is 12.4. The van der Waals surface area contributed by atoms with Gasteiger partial charge in [0, 0.05) is 38.1 Å². The summed E-state index contributed by atoms with van der Waals surface area (Å²) in [5, 5.41) is 19.3. The molecule has 1 aromatic carbocycles. The molecule has 0 aliphatic carbocycles. The van der Waals surface area contributed by atoms with E-state index in [0.29, 0.717) is 11.3 Å². The van der Waals surface area contributed by atoms with Crippen LogP contribution in [0.1, 0.15) is 33.3 Å². The summed E-state index contributed by atoms with van der Waals surface area (Å²) < 4.78 is 46.4. The van der Waals surface area contributed by atoms with Gasteiger partial charge in [-0.05, 0) is 49.8 Å². The van der Waals surface area contributed by atoms with Crippen molar-refractivity contribution in [2.75, 3.05) is 31.6 Å². The number of carbonyl (C=O) groups is 1. The molecular weight excluding hydrogens is 656 g/mol. The molecule has 0 saturated carbocycles. The highest BCUT2D eigenvalue weighted by molar-refractivity contribution is 6.34. The lowest BCUT2D eigenvalue weighted by Crippen LogP contribution is -2.54. The molecule has 2 atom stereocenters. The van der Waals surface area contributed by atoms with E-state index in [1.54, 1.807) is 22.8 Å². The van der Waals surface area contributed by atoms with Crippen molar-refractivity contribution >= 4 is 51.5 Å². The van der Waals surface area contributed by atoms with Crippen LogP contribution < -0.4 is 10.5 Å². The zero-order valence-corrected chi connectivity index (χ0v) is 27.7. The number of phenolic OH excluding ortho intramolecular Hbond substituents is 1. The second-order valence-corrected chi connectivity index (χ2v) is 12.7. The maximum Gasteiger partial charge on any atom is 0.276 e. The Balaban J connectivity index is 1.92. The fraction of sp³-hybridized carbons (Fsp3) is 0.333. The molecule has 246 valence electrons. The van der Waals surface area contributed by atoms with Crippen molar-refractivity contribution in [2.45, 2.75) is 39.8 Å².